The van der Waals surface area contributed by atoms with Gasteiger partial charge in [-0.1, -0.05) is 24.6 Å². The van der Waals surface area contributed by atoms with Crippen LogP contribution in [-0.2, 0) is 14.8 Å². The largest absolute Gasteiger partial charge is 0.492 e. The average molecular weight is 481 g/mol. The van der Waals surface area contributed by atoms with Crippen LogP contribution in [-0.4, -0.2) is 48.1 Å². The Hall–Kier alpha value is -3.43. The van der Waals surface area contributed by atoms with Gasteiger partial charge in [0, 0.05) is 30.9 Å². The molecule has 0 atom stereocenters. The third-order valence-corrected chi connectivity index (χ3v) is 7.41. The van der Waals surface area contributed by atoms with Gasteiger partial charge in [0.1, 0.15) is 5.75 Å². The highest BCUT2D eigenvalue weighted by molar-refractivity contribution is 7.89. The van der Waals surface area contributed by atoms with Crippen molar-refractivity contribution in [1.29, 1.82) is 0 Å². The lowest BCUT2D eigenvalue weighted by atomic mass is 10.2. The number of piperidine rings is 1. The summed E-state index contributed by atoms with van der Waals surface area (Å²) in [5, 5.41) is 7.07. The molecule has 1 saturated heterocycles. The Kier molecular flexibility index (Phi) is 7.44. The second-order valence-electron chi connectivity index (χ2n) is 7.93. The number of hydrogen-bond donors (Lipinski definition) is 1. The number of rotatable bonds is 8. The molecule has 3 aromatic rings. The van der Waals surface area contributed by atoms with Crippen LogP contribution in [0.25, 0.3) is 11.8 Å². The fourth-order valence-corrected chi connectivity index (χ4v) is 5.34. The van der Waals surface area contributed by atoms with Crippen LogP contribution in [0, 0.1) is 0 Å². The van der Waals surface area contributed by atoms with E-state index in [4.69, 9.17) is 4.74 Å². The van der Waals surface area contributed by atoms with E-state index in [1.54, 1.807) is 23.0 Å². The van der Waals surface area contributed by atoms with Crippen molar-refractivity contribution in [2.75, 3.05) is 25.0 Å². The van der Waals surface area contributed by atoms with Crippen LogP contribution in [0.5, 0.6) is 5.75 Å². The van der Waals surface area contributed by atoms with E-state index < -0.39 is 15.9 Å². The molecule has 1 N–H and O–H groups in total. The Bertz CT molecular complexity index is 1260. The Morgan fingerprint density at radius 1 is 1.12 bits per heavy atom. The number of anilines is 1. The van der Waals surface area contributed by atoms with E-state index in [0.29, 0.717) is 31.1 Å². The normalized spacial score (nSPS) is 14.9. The molecule has 1 aromatic heterocycles. The molecule has 0 radical (unpaired) electrons. The van der Waals surface area contributed by atoms with Crippen molar-refractivity contribution in [2.45, 2.75) is 31.1 Å². The monoisotopic (exact) mass is 480 g/mol. The number of carbonyl (C=O) groups is 1. The van der Waals surface area contributed by atoms with Crippen LogP contribution in [0.3, 0.4) is 0 Å². The van der Waals surface area contributed by atoms with Crippen LogP contribution in [0.4, 0.5) is 5.69 Å². The molecule has 0 saturated carbocycles. The van der Waals surface area contributed by atoms with Gasteiger partial charge >= 0.3 is 0 Å². The maximum Gasteiger partial charge on any atom is 0.248 e. The van der Waals surface area contributed by atoms with Gasteiger partial charge in [-0.05, 0) is 56.2 Å². The first-order valence-electron chi connectivity index (χ1n) is 11.3. The number of carbonyl (C=O) groups excluding carboxylic acids is 1. The molecule has 2 aromatic carbocycles. The molecule has 178 valence electrons. The van der Waals surface area contributed by atoms with E-state index in [1.807, 2.05) is 43.5 Å². The number of nitrogens with zero attached hydrogens (tertiary/aromatic N) is 3. The molecule has 2 heterocycles. The van der Waals surface area contributed by atoms with Crippen molar-refractivity contribution in [3.8, 4) is 11.4 Å². The van der Waals surface area contributed by atoms with Gasteiger partial charge < -0.3 is 10.1 Å². The summed E-state index contributed by atoms with van der Waals surface area (Å²) in [6, 6.07) is 14.2. The first kappa shape index (κ1) is 23.7. The van der Waals surface area contributed by atoms with Gasteiger partial charge in [-0.15, -0.1) is 0 Å². The molecular formula is C25H28N4O4S. The van der Waals surface area contributed by atoms with Gasteiger partial charge in [0.05, 0.1) is 29.1 Å². The molecule has 1 amide bonds. The summed E-state index contributed by atoms with van der Waals surface area (Å²) in [5.74, 6) is 0.0136. The summed E-state index contributed by atoms with van der Waals surface area (Å²) < 4.78 is 35.0. The van der Waals surface area contributed by atoms with E-state index in [2.05, 4.69) is 10.4 Å². The van der Waals surface area contributed by atoms with Crippen molar-refractivity contribution in [1.82, 2.24) is 14.1 Å². The van der Waals surface area contributed by atoms with Crippen LogP contribution in [0.1, 0.15) is 31.7 Å². The van der Waals surface area contributed by atoms with E-state index in [-0.39, 0.29) is 4.90 Å². The Morgan fingerprint density at radius 2 is 1.88 bits per heavy atom. The molecule has 34 heavy (non-hydrogen) atoms. The second-order valence-corrected chi connectivity index (χ2v) is 9.87. The fourth-order valence-electron chi connectivity index (χ4n) is 3.79. The van der Waals surface area contributed by atoms with E-state index in [9.17, 15) is 13.2 Å². The van der Waals surface area contributed by atoms with Gasteiger partial charge in [-0.2, -0.15) is 9.40 Å². The van der Waals surface area contributed by atoms with Crippen LogP contribution in [0.15, 0.2) is 71.9 Å². The summed E-state index contributed by atoms with van der Waals surface area (Å²) >= 11 is 0. The molecule has 1 fully saturated rings. The van der Waals surface area contributed by atoms with Gasteiger partial charge in [-0.25, -0.2) is 13.1 Å². The summed E-state index contributed by atoms with van der Waals surface area (Å²) in [6.45, 7) is 3.23. The Morgan fingerprint density at radius 3 is 2.62 bits per heavy atom. The number of sulfonamides is 1. The lowest BCUT2D eigenvalue weighted by molar-refractivity contribution is -0.111. The maximum atomic E-state index is 13.1. The zero-order chi connectivity index (χ0) is 24.0. The number of aromatic nitrogens is 2. The molecule has 8 nitrogen and oxygen atoms in total. The molecule has 1 aliphatic heterocycles. The zero-order valence-electron chi connectivity index (χ0n) is 19.1. The quantitative estimate of drug-likeness (QED) is 0.490. The number of hydrogen-bond acceptors (Lipinski definition) is 5. The first-order valence-corrected chi connectivity index (χ1v) is 12.8. The van der Waals surface area contributed by atoms with Gasteiger partial charge in [0.25, 0.3) is 0 Å². The minimum Gasteiger partial charge on any atom is -0.492 e. The van der Waals surface area contributed by atoms with E-state index >= 15 is 0 Å². The predicted molar refractivity (Wildman–Crippen MR) is 131 cm³/mol. The molecule has 4 rings (SSSR count). The Labute approximate surface area is 199 Å². The van der Waals surface area contributed by atoms with Gasteiger partial charge in [0.2, 0.25) is 15.9 Å². The summed E-state index contributed by atoms with van der Waals surface area (Å²) in [7, 11) is -3.63. The summed E-state index contributed by atoms with van der Waals surface area (Å²) in [6.07, 6.45) is 9.25. The predicted octanol–water partition coefficient (Wildman–Crippen LogP) is 4.10. The highest BCUT2D eigenvalue weighted by atomic mass is 32.2. The summed E-state index contributed by atoms with van der Waals surface area (Å²) in [4.78, 5) is 12.8. The molecule has 0 bridgehead atoms. The van der Waals surface area contributed by atoms with Gasteiger partial charge in [0.15, 0.2) is 0 Å². The average Bonchev–Trinajstić information content (AvgIpc) is 3.34. The van der Waals surface area contributed by atoms with Crippen molar-refractivity contribution in [2.24, 2.45) is 0 Å². The third kappa shape index (κ3) is 5.55. The number of nitrogens with one attached hydrogen (secondary N) is 1. The molecular weight excluding hydrogens is 452 g/mol. The van der Waals surface area contributed by atoms with Gasteiger partial charge in [-0.3, -0.25) is 4.79 Å². The second kappa shape index (κ2) is 10.7. The minimum atomic E-state index is -3.63. The lowest BCUT2D eigenvalue weighted by Crippen LogP contribution is -2.35. The molecule has 0 unspecified atom stereocenters. The summed E-state index contributed by atoms with van der Waals surface area (Å²) in [5.41, 5.74) is 1.99. The highest BCUT2D eigenvalue weighted by Crippen LogP contribution is 2.30. The van der Waals surface area contributed by atoms with Crippen LogP contribution in [0.2, 0.25) is 0 Å². The van der Waals surface area contributed by atoms with E-state index in [1.165, 1.54) is 22.5 Å². The SMILES string of the molecule is CCOc1ccc(S(=O)(=O)N2CCCCC2)cc1NC(=O)/C=C/c1cnn(-c2ccccc2)c1. The van der Waals surface area contributed by atoms with E-state index in [0.717, 1.165) is 30.5 Å². The molecule has 0 spiro atoms. The maximum absolute atomic E-state index is 13.1. The first-order chi connectivity index (χ1) is 16.5. The molecule has 9 heteroatoms. The zero-order valence-corrected chi connectivity index (χ0v) is 19.9. The number of benzene rings is 2. The molecule has 1 aliphatic rings. The lowest BCUT2D eigenvalue weighted by Gasteiger charge is -2.26. The minimum absolute atomic E-state index is 0.140. The number of amides is 1. The third-order valence-electron chi connectivity index (χ3n) is 5.51. The van der Waals surface area contributed by atoms with Crippen molar-refractivity contribution >= 4 is 27.7 Å². The van der Waals surface area contributed by atoms with Crippen molar-refractivity contribution in [3.05, 3.63) is 72.6 Å². The fraction of sp³-hybridized carbons (Fsp3) is 0.280. The smallest absolute Gasteiger partial charge is 0.248 e. The highest BCUT2D eigenvalue weighted by Gasteiger charge is 2.27. The van der Waals surface area contributed by atoms with Crippen molar-refractivity contribution in [3.63, 3.8) is 0 Å². The van der Waals surface area contributed by atoms with Crippen LogP contribution >= 0.6 is 0 Å². The number of ether oxygens (including phenoxy) is 1. The number of para-hydroxylation sites is 1. The van der Waals surface area contributed by atoms with Crippen LogP contribution < -0.4 is 10.1 Å². The molecule has 0 aliphatic carbocycles. The Balaban J connectivity index is 1.51. The topological polar surface area (TPSA) is 93.5 Å². The standard InChI is InChI=1S/C25H28N4O4S/c1-2-33-24-13-12-22(34(31,32)28-15-7-4-8-16-28)17-23(24)27-25(30)14-11-20-18-26-29(19-20)21-9-5-3-6-10-21/h3,5-6,9-14,17-19H,2,4,7-8,15-16H2,1H3,(H,27,30)/b14-11+. The van der Waals surface area contributed by atoms with Crippen molar-refractivity contribution < 1.29 is 17.9 Å².